The van der Waals surface area contributed by atoms with Crippen LogP contribution in [0.2, 0.25) is 0 Å². The lowest BCUT2D eigenvalue weighted by molar-refractivity contribution is 0.101. The molecule has 6 rings (SSSR count). The van der Waals surface area contributed by atoms with Gasteiger partial charge in [0.2, 0.25) is 0 Å². The highest BCUT2D eigenvalue weighted by molar-refractivity contribution is 5.98. The maximum Gasteiger partial charge on any atom is 0.150 e. The molecule has 32 heavy (non-hydrogen) atoms. The number of rotatable bonds is 2. The van der Waals surface area contributed by atoms with Crippen LogP contribution >= 0.6 is 0 Å². The molecule has 0 bridgehead atoms. The summed E-state index contributed by atoms with van der Waals surface area (Å²) in [5.74, 6) is 0.992. The summed E-state index contributed by atoms with van der Waals surface area (Å²) in [4.78, 5) is 0. The molecule has 0 aromatic heterocycles. The SMILES string of the molecule is Cc1cc(C)c2c(c1)C=C1c3ccccc3C(c3ccccc3)(c3ccccc3)[C@@]1(C)O2. The van der Waals surface area contributed by atoms with E-state index in [1.54, 1.807) is 0 Å². The second-order valence-electron chi connectivity index (χ2n) is 9.22. The molecule has 0 saturated heterocycles. The van der Waals surface area contributed by atoms with E-state index in [1.807, 2.05) is 0 Å². The van der Waals surface area contributed by atoms with E-state index < -0.39 is 11.0 Å². The van der Waals surface area contributed by atoms with Gasteiger partial charge in [0.25, 0.3) is 0 Å². The zero-order chi connectivity index (χ0) is 21.9. The zero-order valence-corrected chi connectivity index (χ0v) is 18.7. The Hall–Kier alpha value is -3.58. The lowest BCUT2D eigenvalue weighted by Gasteiger charge is -2.47. The van der Waals surface area contributed by atoms with Crippen molar-refractivity contribution < 1.29 is 4.74 Å². The minimum atomic E-state index is -0.591. The monoisotopic (exact) mass is 414 g/mol. The summed E-state index contributed by atoms with van der Waals surface area (Å²) in [5.41, 5.74) is 8.87. The van der Waals surface area contributed by atoms with Crippen molar-refractivity contribution in [1.82, 2.24) is 0 Å². The Labute approximate surface area is 190 Å². The molecule has 1 aliphatic carbocycles. The second-order valence-corrected chi connectivity index (χ2v) is 9.22. The van der Waals surface area contributed by atoms with Crippen molar-refractivity contribution >= 4 is 11.6 Å². The molecular weight excluding hydrogens is 388 g/mol. The molecular formula is C31H26O. The van der Waals surface area contributed by atoms with Crippen molar-refractivity contribution in [1.29, 1.82) is 0 Å². The van der Waals surface area contributed by atoms with E-state index >= 15 is 0 Å². The molecule has 0 radical (unpaired) electrons. The Morgan fingerprint density at radius 1 is 0.688 bits per heavy atom. The third-order valence-electron chi connectivity index (χ3n) is 7.32. The Morgan fingerprint density at radius 3 is 1.94 bits per heavy atom. The quantitative estimate of drug-likeness (QED) is 0.333. The summed E-state index contributed by atoms with van der Waals surface area (Å²) < 4.78 is 7.17. The van der Waals surface area contributed by atoms with Crippen LogP contribution in [-0.4, -0.2) is 5.60 Å². The van der Waals surface area contributed by atoms with Crippen LogP contribution in [0.25, 0.3) is 11.6 Å². The van der Waals surface area contributed by atoms with Crippen LogP contribution in [0.4, 0.5) is 0 Å². The second kappa shape index (κ2) is 6.71. The molecule has 1 heteroatoms. The van der Waals surface area contributed by atoms with Gasteiger partial charge in [-0.1, -0.05) is 96.6 Å². The predicted octanol–water partition coefficient (Wildman–Crippen LogP) is 7.34. The van der Waals surface area contributed by atoms with E-state index in [9.17, 15) is 0 Å². The van der Waals surface area contributed by atoms with Gasteiger partial charge in [-0.15, -0.1) is 0 Å². The van der Waals surface area contributed by atoms with Gasteiger partial charge in [-0.3, -0.25) is 0 Å². The number of hydrogen-bond donors (Lipinski definition) is 0. The van der Waals surface area contributed by atoms with Crippen molar-refractivity contribution in [3.05, 3.63) is 136 Å². The largest absolute Gasteiger partial charge is 0.480 e. The first-order chi connectivity index (χ1) is 15.6. The van der Waals surface area contributed by atoms with Gasteiger partial charge >= 0.3 is 0 Å². The first-order valence-electron chi connectivity index (χ1n) is 11.3. The highest BCUT2D eigenvalue weighted by Crippen LogP contribution is 2.63. The Kier molecular flexibility index (Phi) is 4.01. The van der Waals surface area contributed by atoms with Crippen LogP contribution in [0.5, 0.6) is 5.75 Å². The number of hydrogen-bond acceptors (Lipinski definition) is 1. The summed E-state index contributed by atoms with van der Waals surface area (Å²) in [6, 6.07) is 35.0. The fourth-order valence-corrected chi connectivity index (χ4v) is 6.11. The maximum absolute atomic E-state index is 7.17. The van der Waals surface area contributed by atoms with Crippen molar-refractivity contribution in [2.75, 3.05) is 0 Å². The molecule has 1 heterocycles. The topological polar surface area (TPSA) is 9.23 Å². The van der Waals surface area contributed by atoms with E-state index in [4.69, 9.17) is 4.74 Å². The van der Waals surface area contributed by atoms with Crippen LogP contribution < -0.4 is 4.74 Å². The molecule has 4 aromatic carbocycles. The maximum atomic E-state index is 7.17. The lowest BCUT2D eigenvalue weighted by atomic mass is 9.62. The van der Waals surface area contributed by atoms with Crippen molar-refractivity contribution in [2.45, 2.75) is 31.8 Å². The zero-order valence-electron chi connectivity index (χ0n) is 18.7. The Balaban J connectivity index is 1.77. The van der Waals surface area contributed by atoms with Gasteiger partial charge in [-0.05, 0) is 60.7 Å². The highest BCUT2D eigenvalue weighted by Gasteiger charge is 2.62. The number of aryl methyl sites for hydroxylation is 2. The highest BCUT2D eigenvalue weighted by atomic mass is 16.5. The molecule has 0 fully saturated rings. The van der Waals surface area contributed by atoms with Gasteiger partial charge in [-0.2, -0.15) is 0 Å². The first kappa shape index (κ1) is 19.1. The van der Waals surface area contributed by atoms with Crippen molar-refractivity contribution in [3.8, 4) is 5.75 Å². The van der Waals surface area contributed by atoms with Gasteiger partial charge in [0.05, 0.1) is 5.41 Å². The van der Waals surface area contributed by atoms with Crippen LogP contribution in [0.1, 0.15) is 45.9 Å². The lowest BCUT2D eigenvalue weighted by Crippen LogP contribution is -2.53. The van der Waals surface area contributed by atoms with E-state index in [1.165, 1.54) is 44.5 Å². The van der Waals surface area contributed by atoms with E-state index in [0.717, 1.165) is 5.75 Å². The third-order valence-corrected chi connectivity index (χ3v) is 7.32. The summed E-state index contributed by atoms with van der Waals surface area (Å²) in [7, 11) is 0. The molecule has 0 unspecified atom stereocenters. The molecule has 4 aromatic rings. The van der Waals surface area contributed by atoms with Crippen LogP contribution in [0.15, 0.2) is 97.1 Å². The molecule has 0 spiro atoms. The third kappa shape index (κ3) is 2.34. The summed E-state index contributed by atoms with van der Waals surface area (Å²) in [6.07, 6.45) is 2.37. The van der Waals surface area contributed by atoms with Gasteiger partial charge < -0.3 is 4.74 Å². The smallest absolute Gasteiger partial charge is 0.150 e. The molecule has 1 atom stereocenters. The minimum Gasteiger partial charge on any atom is -0.480 e. The standard InChI is InChI=1S/C31H26O/c1-21-18-22(2)29-23(19-21)20-28-26-16-10-11-17-27(26)31(30(28,3)32-29,24-12-6-4-7-13-24)25-14-8-5-9-15-25/h4-20H,1-3H3/t30-/m0/s1. The molecule has 1 aliphatic heterocycles. The average molecular weight is 415 g/mol. The Bertz CT molecular complexity index is 1320. The summed E-state index contributed by atoms with van der Waals surface area (Å²) >= 11 is 0. The van der Waals surface area contributed by atoms with Gasteiger partial charge in [0.1, 0.15) is 11.4 Å². The number of ether oxygens (including phenoxy) is 1. The molecule has 0 N–H and O–H groups in total. The van der Waals surface area contributed by atoms with Gasteiger partial charge in [0, 0.05) is 11.1 Å². The predicted molar refractivity (Wildman–Crippen MR) is 132 cm³/mol. The molecule has 156 valence electrons. The minimum absolute atomic E-state index is 0.465. The van der Waals surface area contributed by atoms with Crippen molar-refractivity contribution in [2.24, 2.45) is 0 Å². The molecule has 0 saturated carbocycles. The fourth-order valence-electron chi connectivity index (χ4n) is 6.11. The van der Waals surface area contributed by atoms with Crippen LogP contribution in [-0.2, 0) is 5.41 Å². The number of fused-ring (bicyclic) bond motifs is 4. The molecule has 1 nitrogen and oxygen atoms in total. The van der Waals surface area contributed by atoms with Gasteiger partial charge in [0.15, 0.2) is 0 Å². The summed E-state index contributed by atoms with van der Waals surface area (Å²) in [5, 5.41) is 0. The van der Waals surface area contributed by atoms with Gasteiger partial charge in [-0.25, -0.2) is 0 Å². The normalized spacial score (nSPS) is 19.9. The van der Waals surface area contributed by atoms with Crippen LogP contribution in [0.3, 0.4) is 0 Å². The summed E-state index contributed by atoms with van der Waals surface area (Å²) in [6.45, 7) is 6.59. The van der Waals surface area contributed by atoms with E-state index in [0.29, 0.717) is 0 Å². The van der Waals surface area contributed by atoms with E-state index in [-0.39, 0.29) is 0 Å². The van der Waals surface area contributed by atoms with E-state index in [2.05, 4.69) is 124 Å². The first-order valence-corrected chi connectivity index (χ1v) is 11.3. The van der Waals surface area contributed by atoms with Crippen LogP contribution in [0, 0.1) is 13.8 Å². The average Bonchev–Trinajstić information content (AvgIpc) is 3.04. The fraction of sp³-hybridized carbons (Fsp3) is 0.161. The molecule has 2 aliphatic rings. The van der Waals surface area contributed by atoms with Crippen molar-refractivity contribution in [3.63, 3.8) is 0 Å². The molecule has 0 amide bonds. The Morgan fingerprint density at radius 2 is 1.28 bits per heavy atom. The number of benzene rings is 4.